The van der Waals surface area contributed by atoms with Crippen molar-refractivity contribution in [2.45, 2.75) is 18.0 Å². The van der Waals surface area contributed by atoms with E-state index < -0.39 is 22.0 Å². The molecule has 0 saturated carbocycles. The van der Waals surface area contributed by atoms with Gasteiger partial charge in [0.05, 0.1) is 25.5 Å². The van der Waals surface area contributed by atoms with Crippen LogP contribution < -0.4 is 15.0 Å². The molecular weight excluding hydrogens is 444 g/mol. The number of nitrogens with one attached hydrogen (secondary N) is 1. The average molecular weight is 467 g/mol. The Labute approximate surface area is 191 Å². The highest BCUT2D eigenvalue weighted by Gasteiger charge is 2.40. The predicted molar refractivity (Wildman–Crippen MR) is 121 cm³/mol. The van der Waals surface area contributed by atoms with Gasteiger partial charge in [-0.05, 0) is 29.8 Å². The van der Waals surface area contributed by atoms with E-state index in [1.165, 1.54) is 37.3 Å². The van der Waals surface area contributed by atoms with Crippen LogP contribution in [0, 0.1) is 0 Å². The van der Waals surface area contributed by atoms with Gasteiger partial charge in [0, 0.05) is 30.9 Å². The molecule has 0 fully saturated rings. The minimum Gasteiger partial charge on any atom is -0.495 e. The maximum Gasteiger partial charge on any atom is 0.338 e. The fourth-order valence-corrected chi connectivity index (χ4v) is 5.18. The molecule has 1 aromatic heterocycles. The van der Waals surface area contributed by atoms with Crippen molar-refractivity contribution >= 4 is 27.6 Å². The maximum absolute atomic E-state index is 13.3. The lowest BCUT2D eigenvalue weighted by atomic mass is 10.1. The van der Waals surface area contributed by atoms with Gasteiger partial charge >= 0.3 is 6.03 Å². The van der Waals surface area contributed by atoms with Crippen molar-refractivity contribution in [3.63, 3.8) is 0 Å². The first-order chi connectivity index (χ1) is 15.8. The van der Waals surface area contributed by atoms with Crippen LogP contribution in [0.1, 0.15) is 21.5 Å². The van der Waals surface area contributed by atoms with Crippen molar-refractivity contribution in [3.8, 4) is 5.75 Å². The lowest BCUT2D eigenvalue weighted by molar-refractivity contribution is 0.0950. The highest BCUT2D eigenvalue weighted by molar-refractivity contribution is 7.90. The van der Waals surface area contributed by atoms with Crippen molar-refractivity contribution in [2.75, 3.05) is 19.1 Å². The fourth-order valence-electron chi connectivity index (χ4n) is 3.55. The second-order valence-corrected chi connectivity index (χ2v) is 9.22. The topological polar surface area (TPSA) is 109 Å². The second-order valence-electron chi connectivity index (χ2n) is 7.39. The highest BCUT2D eigenvalue weighted by atomic mass is 32.2. The number of carbonyl (C=O) groups is 2. The van der Waals surface area contributed by atoms with Gasteiger partial charge in [0.25, 0.3) is 15.9 Å². The summed E-state index contributed by atoms with van der Waals surface area (Å²) in [6, 6.07) is 14.2. The average Bonchev–Trinajstić information content (AvgIpc) is 2.84. The van der Waals surface area contributed by atoms with Gasteiger partial charge < -0.3 is 10.1 Å². The number of aromatic nitrogens is 1. The molecule has 2 aromatic carbocycles. The van der Waals surface area contributed by atoms with E-state index >= 15 is 0 Å². The Morgan fingerprint density at radius 2 is 1.88 bits per heavy atom. The summed E-state index contributed by atoms with van der Waals surface area (Å²) in [6.45, 7) is 0.0664. The second kappa shape index (κ2) is 8.91. The minimum atomic E-state index is -4.16. The first-order valence-corrected chi connectivity index (χ1v) is 11.5. The number of methoxy groups -OCH3 is 1. The van der Waals surface area contributed by atoms with Crippen LogP contribution in [0.2, 0.25) is 0 Å². The quantitative estimate of drug-likeness (QED) is 0.598. The molecule has 4 rings (SSSR count). The van der Waals surface area contributed by atoms with Gasteiger partial charge in [-0.25, -0.2) is 17.5 Å². The Morgan fingerprint density at radius 1 is 1.12 bits per heavy atom. The summed E-state index contributed by atoms with van der Waals surface area (Å²) in [6.07, 6.45) is 3.13. The predicted octanol–water partition coefficient (Wildman–Crippen LogP) is 2.78. The third-order valence-electron chi connectivity index (χ3n) is 5.35. The van der Waals surface area contributed by atoms with Crippen LogP contribution in [0.25, 0.3) is 0 Å². The van der Waals surface area contributed by atoms with Gasteiger partial charge in [0.15, 0.2) is 0 Å². The van der Waals surface area contributed by atoms with E-state index in [1.807, 2.05) is 6.07 Å². The summed E-state index contributed by atoms with van der Waals surface area (Å²) in [7, 11) is -1.15. The number of benzene rings is 2. The lowest BCUT2D eigenvalue weighted by Crippen LogP contribution is -2.48. The van der Waals surface area contributed by atoms with Crippen LogP contribution >= 0.6 is 0 Å². The van der Waals surface area contributed by atoms with Crippen LogP contribution in [0.5, 0.6) is 5.75 Å². The van der Waals surface area contributed by atoms with Crippen molar-refractivity contribution < 1.29 is 22.7 Å². The molecule has 0 saturated heterocycles. The number of amides is 3. The van der Waals surface area contributed by atoms with Crippen LogP contribution in [0.15, 0.2) is 71.9 Å². The number of carbonyl (C=O) groups excluding carboxylic acids is 2. The van der Waals surface area contributed by atoms with Gasteiger partial charge in [-0.1, -0.05) is 30.3 Å². The zero-order valence-electron chi connectivity index (χ0n) is 18.1. The highest BCUT2D eigenvalue weighted by Crippen LogP contribution is 2.35. The van der Waals surface area contributed by atoms with E-state index in [9.17, 15) is 18.0 Å². The monoisotopic (exact) mass is 466 g/mol. The SMILES string of the molecule is COc1cnccc1CNC(=O)c1ccc2c(c1)S(=O)(=O)N(Cc1ccccc1)C(=O)N2C. The summed E-state index contributed by atoms with van der Waals surface area (Å²) >= 11 is 0. The summed E-state index contributed by atoms with van der Waals surface area (Å²) in [5.41, 5.74) is 1.78. The molecule has 0 bridgehead atoms. The lowest BCUT2D eigenvalue weighted by Gasteiger charge is -2.34. The number of anilines is 1. The fraction of sp³-hybridized carbons (Fsp3) is 0.174. The Bertz CT molecular complexity index is 1310. The minimum absolute atomic E-state index is 0.102. The van der Waals surface area contributed by atoms with Crippen molar-refractivity contribution in [1.29, 1.82) is 0 Å². The molecule has 1 N–H and O–H groups in total. The number of nitrogens with zero attached hydrogens (tertiary/aromatic N) is 3. The summed E-state index contributed by atoms with van der Waals surface area (Å²) in [5.74, 6) is 0.0727. The molecule has 2 heterocycles. The summed E-state index contributed by atoms with van der Waals surface area (Å²) in [5, 5.41) is 2.76. The molecule has 9 nitrogen and oxygen atoms in total. The smallest absolute Gasteiger partial charge is 0.338 e. The zero-order valence-corrected chi connectivity index (χ0v) is 18.9. The van der Waals surface area contributed by atoms with E-state index in [4.69, 9.17) is 4.74 Å². The molecule has 0 spiro atoms. The number of ether oxygens (including phenoxy) is 1. The van der Waals surface area contributed by atoms with E-state index in [-0.39, 0.29) is 29.2 Å². The molecule has 0 atom stereocenters. The standard InChI is InChI=1S/C23H22N4O5S/c1-26-19-9-8-17(22(28)25-13-18-10-11-24-14-20(18)32-2)12-21(19)33(30,31)27(23(26)29)15-16-6-4-3-5-7-16/h3-12,14H,13,15H2,1-2H3,(H,25,28). The summed E-state index contributed by atoms with van der Waals surface area (Å²) in [4.78, 5) is 30.7. The van der Waals surface area contributed by atoms with Crippen LogP contribution in [-0.2, 0) is 23.1 Å². The molecule has 170 valence electrons. The number of sulfonamides is 1. The third kappa shape index (κ3) is 4.24. The van der Waals surface area contributed by atoms with Gasteiger partial charge in [-0.3, -0.25) is 14.7 Å². The van der Waals surface area contributed by atoms with Gasteiger partial charge in [-0.2, -0.15) is 0 Å². The maximum atomic E-state index is 13.3. The van der Waals surface area contributed by atoms with Crippen LogP contribution in [0.4, 0.5) is 10.5 Å². The number of fused-ring (bicyclic) bond motifs is 1. The van der Waals surface area contributed by atoms with E-state index in [0.29, 0.717) is 11.3 Å². The molecule has 33 heavy (non-hydrogen) atoms. The van der Waals surface area contributed by atoms with Gasteiger partial charge in [0.2, 0.25) is 0 Å². The van der Waals surface area contributed by atoms with Crippen LogP contribution in [-0.4, -0.2) is 43.8 Å². The largest absolute Gasteiger partial charge is 0.495 e. The third-order valence-corrected chi connectivity index (χ3v) is 7.10. The molecule has 3 aromatic rings. The van der Waals surface area contributed by atoms with Crippen molar-refractivity contribution in [3.05, 3.63) is 83.7 Å². The van der Waals surface area contributed by atoms with Crippen LogP contribution in [0.3, 0.4) is 0 Å². The Balaban J connectivity index is 1.62. The molecule has 0 radical (unpaired) electrons. The Kier molecular flexibility index (Phi) is 6.01. The normalized spacial score (nSPS) is 14.5. The van der Waals surface area contributed by atoms with E-state index in [1.54, 1.807) is 42.7 Å². The van der Waals surface area contributed by atoms with Crippen molar-refractivity contribution in [2.24, 2.45) is 0 Å². The number of rotatable bonds is 6. The Morgan fingerprint density at radius 3 is 2.61 bits per heavy atom. The Hall–Kier alpha value is -3.92. The molecule has 0 unspecified atom stereocenters. The molecular formula is C23H22N4O5S. The molecule has 0 aliphatic carbocycles. The van der Waals surface area contributed by atoms with Gasteiger partial charge in [-0.15, -0.1) is 0 Å². The van der Waals surface area contributed by atoms with E-state index in [2.05, 4.69) is 10.3 Å². The van der Waals surface area contributed by atoms with Gasteiger partial charge in [0.1, 0.15) is 10.6 Å². The number of pyridine rings is 1. The molecule has 10 heteroatoms. The van der Waals surface area contributed by atoms with Crippen molar-refractivity contribution in [1.82, 2.24) is 14.6 Å². The molecule has 3 amide bonds. The zero-order chi connectivity index (χ0) is 23.6. The molecule has 1 aliphatic rings. The first-order valence-electron chi connectivity index (χ1n) is 10.1. The van der Waals surface area contributed by atoms with E-state index in [0.717, 1.165) is 9.87 Å². The number of hydrogen-bond acceptors (Lipinski definition) is 6. The molecule has 1 aliphatic heterocycles. The number of hydrogen-bond donors (Lipinski definition) is 1. The first kappa shape index (κ1) is 22.3. The number of urea groups is 1. The summed E-state index contributed by atoms with van der Waals surface area (Å²) < 4.78 is 32.7.